The van der Waals surface area contributed by atoms with Gasteiger partial charge in [0, 0.05) is 25.7 Å². The Morgan fingerprint density at radius 3 is 0.747 bits per heavy atom. The Bertz CT molecular complexity index is 1750. The maximum absolute atomic E-state index is 13.0. The molecule has 0 saturated heterocycles. The smallest absolute Gasteiger partial charge is 0.462 e. The van der Waals surface area contributed by atoms with E-state index in [0.29, 0.717) is 25.7 Å². The van der Waals surface area contributed by atoms with Crippen molar-refractivity contribution in [2.45, 2.75) is 393 Å². The van der Waals surface area contributed by atoms with Crippen molar-refractivity contribution in [3.8, 4) is 0 Å². The normalized spacial score (nSPS) is 14.0. The molecule has 540 valence electrons. The Morgan fingerprint density at radius 1 is 0.297 bits per heavy atom. The van der Waals surface area contributed by atoms with Crippen molar-refractivity contribution in [3.05, 3.63) is 0 Å². The van der Waals surface area contributed by atoms with Crippen molar-refractivity contribution in [3.63, 3.8) is 0 Å². The van der Waals surface area contributed by atoms with Gasteiger partial charge in [0.15, 0.2) is 12.2 Å². The Balaban J connectivity index is 5.24. The van der Waals surface area contributed by atoms with E-state index >= 15 is 0 Å². The van der Waals surface area contributed by atoms with Gasteiger partial charge in [0.2, 0.25) is 0 Å². The molecule has 0 aliphatic rings. The van der Waals surface area contributed by atoms with Gasteiger partial charge >= 0.3 is 39.5 Å². The molecule has 0 rings (SSSR count). The second-order valence-electron chi connectivity index (χ2n) is 26.5. The van der Waals surface area contributed by atoms with Gasteiger partial charge in [0.1, 0.15) is 19.3 Å². The van der Waals surface area contributed by atoms with Crippen LogP contribution in [0.4, 0.5) is 0 Å². The summed E-state index contributed by atoms with van der Waals surface area (Å²) in [5.41, 5.74) is 0. The SMILES string of the molecule is CCCCCCCCCCCCCCCC(=O)OC[C@H](COP(=O)(O)OC[C@@H](O)COP(=O)(O)OC[C@@H](COC(=O)CCCCCCCCCCCCC)OC(=O)CCCCCCCCCCCCC)OC(=O)CCCCCCCCCCCCCCCC(C)C. The first-order chi connectivity index (χ1) is 44.0. The molecule has 0 saturated carbocycles. The Kier molecular flexibility index (Phi) is 64.0. The summed E-state index contributed by atoms with van der Waals surface area (Å²) in [6, 6.07) is 0. The number of unbranched alkanes of at least 4 members (excludes halogenated alkanes) is 44. The Hall–Kier alpha value is -1.94. The number of phosphoric acid groups is 2. The number of aliphatic hydroxyl groups excluding tert-OH is 1. The second kappa shape index (κ2) is 65.4. The lowest BCUT2D eigenvalue weighted by atomic mass is 10.0. The first kappa shape index (κ1) is 89.1. The zero-order chi connectivity index (χ0) is 67.0. The third kappa shape index (κ3) is 66.5. The lowest BCUT2D eigenvalue weighted by molar-refractivity contribution is -0.161. The molecule has 0 aromatic carbocycles. The number of hydrogen-bond acceptors (Lipinski definition) is 15. The number of ether oxygens (including phenoxy) is 4. The van der Waals surface area contributed by atoms with E-state index in [1.807, 2.05) is 0 Å². The van der Waals surface area contributed by atoms with Gasteiger partial charge in [-0.25, -0.2) is 9.13 Å². The predicted molar refractivity (Wildman–Crippen MR) is 368 cm³/mol. The van der Waals surface area contributed by atoms with Crippen LogP contribution in [0.25, 0.3) is 0 Å². The van der Waals surface area contributed by atoms with Crippen LogP contribution in [-0.4, -0.2) is 96.7 Å². The highest BCUT2D eigenvalue weighted by molar-refractivity contribution is 7.47. The van der Waals surface area contributed by atoms with Gasteiger partial charge in [-0.1, -0.05) is 324 Å². The van der Waals surface area contributed by atoms with Crippen LogP contribution < -0.4 is 0 Å². The van der Waals surface area contributed by atoms with Crippen molar-refractivity contribution in [1.29, 1.82) is 0 Å². The standard InChI is InChI=1S/C72H140O17P2/c1-6-9-12-15-18-21-24-26-32-36-41-46-51-56-70(75)83-62-68(89-72(77)58-53-48-43-38-33-28-25-27-31-34-39-44-49-54-65(4)5)64-87-91(80,81)85-60-66(73)59-84-90(78,79)86-63-67(88-71(76)57-52-47-42-37-30-23-20-17-14-11-8-3)61-82-69(74)55-50-45-40-35-29-22-19-16-13-10-7-2/h65-68,73H,6-64H2,1-5H3,(H,78,79)(H,80,81)/t66-,67+,68+/m0/s1. The van der Waals surface area contributed by atoms with Crippen LogP contribution in [0.15, 0.2) is 0 Å². The molecule has 0 aromatic heterocycles. The molecule has 0 fully saturated rings. The maximum atomic E-state index is 13.0. The summed E-state index contributed by atoms with van der Waals surface area (Å²) < 4.78 is 68.4. The summed E-state index contributed by atoms with van der Waals surface area (Å²) in [6.07, 6.45) is 52.5. The van der Waals surface area contributed by atoms with E-state index in [2.05, 4.69) is 34.6 Å². The molecule has 0 heterocycles. The number of phosphoric ester groups is 2. The number of rotatable bonds is 72. The van der Waals surface area contributed by atoms with Crippen LogP contribution in [0.1, 0.15) is 375 Å². The highest BCUT2D eigenvalue weighted by atomic mass is 31.2. The fourth-order valence-corrected chi connectivity index (χ4v) is 12.6. The minimum absolute atomic E-state index is 0.107. The average molecular weight is 1340 g/mol. The molecule has 0 spiro atoms. The minimum Gasteiger partial charge on any atom is -0.462 e. The number of carbonyl (C=O) groups excluding carboxylic acids is 4. The largest absolute Gasteiger partial charge is 0.472 e. The van der Waals surface area contributed by atoms with Gasteiger partial charge < -0.3 is 33.8 Å². The average Bonchev–Trinajstić information content (AvgIpc) is 3.55. The molecule has 5 atom stereocenters. The number of hydrogen-bond donors (Lipinski definition) is 3. The molecule has 19 heteroatoms. The van der Waals surface area contributed by atoms with E-state index in [1.165, 1.54) is 199 Å². The van der Waals surface area contributed by atoms with Gasteiger partial charge in [0.05, 0.1) is 26.4 Å². The lowest BCUT2D eigenvalue weighted by Gasteiger charge is -2.21. The number of esters is 4. The zero-order valence-corrected chi connectivity index (χ0v) is 60.8. The van der Waals surface area contributed by atoms with E-state index in [-0.39, 0.29) is 25.7 Å². The van der Waals surface area contributed by atoms with Crippen LogP contribution in [0.3, 0.4) is 0 Å². The van der Waals surface area contributed by atoms with E-state index < -0.39 is 97.5 Å². The molecule has 3 N–H and O–H groups in total. The summed E-state index contributed by atoms with van der Waals surface area (Å²) in [7, 11) is -9.90. The van der Waals surface area contributed by atoms with Gasteiger partial charge in [-0.3, -0.25) is 37.3 Å². The molecule has 91 heavy (non-hydrogen) atoms. The van der Waals surface area contributed by atoms with E-state index in [9.17, 15) is 43.2 Å². The minimum atomic E-state index is -4.95. The van der Waals surface area contributed by atoms with Crippen LogP contribution in [0.2, 0.25) is 0 Å². The van der Waals surface area contributed by atoms with E-state index in [4.69, 9.17) is 37.0 Å². The second-order valence-corrected chi connectivity index (χ2v) is 29.4. The Morgan fingerprint density at radius 2 is 0.505 bits per heavy atom. The Labute approximate surface area is 556 Å². The highest BCUT2D eigenvalue weighted by Crippen LogP contribution is 2.45. The molecule has 0 radical (unpaired) electrons. The third-order valence-electron chi connectivity index (χ3n) is 16.8. The quantitative estimate of drug-likeness (QED) is 0.0222. The lowest BCUT2D eigenvalue weighted by Crippen LogP contribution is -2.30. The van der Waals surface area contributed by atoms with Crippen LogP contribution in [0.5, 0.6) is 0 Å². The van der Waals surface area contributed by atoms with Crippen LogP contribution in [0, 0.1) is 5.92 Å². The summed E-state index contributed by atoms with van der Waals surface area (Å²) in [4.78, 5) is 72.6. The maximum Gasteiger partial charge on any atom is 0.472 e. The van der Waals surface area contributed by atoms with Gasteiger partial charge in [-0.15, -0.1) is 0 Å². The number of carbonyl (C=O) groups is 4. The third-order valence-corrected chi connectivity index (χ3v) is 18.7. The molecule has 0 amide bonds. The van der Waals surface area contributed by atoms with Crippen molar-refractivity contribution >= 4 is 39.5 Å². The highest BCUT2D eigenvalue weighted by Gasteiger charge is 2.30. The van der Waals surface area contributed by atoms with Crippen molar-refractivity contribution in [1.82, 2.24) is 0 Å². The zero-order valence-electron chi connectivity index (χ0n) is 59.0. The molecular formula is C72H140O17P2. The predicted octanol–water partition coefficient (Wildman–Crippen LogP) is 20.9. The molecule has 0 aliphatic heterocycles. The topological polar surface area (TPSA) is 237 Å². The fraction of sp³-hybridized carbons (Fsp3) is 0.944. The fourth-order valence-electron chi connectivity index (χ4n) is 11.0. The van der Waals surface area contributed by atoms with Gasteiger partial charge in [-0.2, -0.15) is 0 Å². The van der Waals surface area contributed by atoms with Gasteiger partial charge in [-0.05, 0) is 31.6 Å². The molecule has 2 unspecified atom stereocenters. The van der Waals surface area contributed by atoms with Crippen molar-refractivity contribution in [2.24, 2.45) is 5.92 Å². The molecule has 0 aliphatic carbocycles. The molecule has 0 bridgehead atoms. The number of aliphatic hydroxyl groups is 1. The molecule has 17 nitrogen and oxygen atoms in total. The van der Waals surface area contributed by atoms with E-state index in [0.717, 1.165) is 95.8 Å². The van der Waals surface area contributed by atoms with E-state index in [1.54, 1.807) is 0 Å². The van der Waals surface area contributed by atoms with Crippen LogP contribution >= 0.6 is 15.6 Å². The van der Waals surface area contributed by atoms with Crippen molar-refractivity contribution < 1.29 is 80.2 Å². The van der Waals surface area contributed by atoms with Gasteiger partial charge in [0.25, 0.3) is 0 Å². The summed E-state index contributed by atoms with van der Waals surface area (Å²) in [5, 5.41) is 10.6. The summed E-state index contributed by atoms with van der Waals surface area (Å²) in [6.45, 7) is 7.28. The van der Waals surface area contributed by atoms with Crippen molar-refractivity contribution in [2.75, 3.05) is 39.6 Å². The molecule has 0 aromatic rings. The monoisotopic (exact) mass is 1340 g/mol. The van der Waals surface area contributed by atoms with Crippen LogP contribution in [-0.2, 0) is 65.4 Å². The first-order valence-corrected chi connectivity index (χ1v) is 40.6. The summed E-state index contributed by atoms with van der Waals surface area (Å²) >= 11 is 0. The summed E-state index contributed by atoms with van der Waals surface area (Å²) in [5.74, 6) is -1.33. The molecular weight excluding hydrogens is 1200 g/mol. The first-order valence-electron chi connectivity index (χ1n) is 37.6.